The Kier molecular flexibility index (Phi) is 4.86. The van der Waals surface area contributed by atoms with Gasteiger partial charge >= 0.3 is 0 Å². The van der Waals surface area contributed by atoms with E-state index in [0.717, 1.165) is 43.0 Å². The molecule has 27 heavy (non-hydrogen) atoms. The minimum Gasteiger partial charge on any atom is -0.346 e. The van der Waals surface area contributed by atoms with Crippen LogP contribution in [0.4, 0.5) is 5.13 Å². The molecule has 1 atom stereocenters. The maximum atomic E-state index is 12.8. The maximum absolute atomic E-state index is 12.8. The molecule has 6 nitrogen and oxygen atoms in total. The van der Waals surface area contributed by atoms with Crippen LogP contribution in [-0.4, -0.2) is 51.8 Å². The van der Waals surface area contributed by atoms with Gasteiger partial charge in [0.1, 0.15) is 0 Å². The van der Waals surface area contributed by atoms with Crippen molar-refractivity contribution in [2.24, 2.45) is 7.05 Å². The molecular formula is C20H25N5OS. The highest BCUT2D eigenvalue weighted by Crippen LogP contribution is 2.32. The van der Waals surface area contributed by atoms with Crippen LogP contribution in [0.1, 0.15) is 35.7 Å². The number of carbonyl (C=O) groups excluding carboxylic acids is 1. The number of amides is 1. The molecule has 0 aliphatic carbocycles. The number of thiazole rings is 1. The first-order valence-corrected chi connectivity index (χ1v) is 10.3. The predicted octanol–water partition coefficient (Wildman–Crippen LogP) is 3.33. The molecule has 1 amide bonds. The van der Waals surface area contributed by atoms with Crippen molar-refractivity contribution < 1.29 is 4.79 Å². The Labute approximate surface area is 163 Å². The van der Waals surface area contributed by atoms with Crippen molar-refractivity contribution in [1.29, 1.82) is 0 Å². The van der Waals surface area contributed by atoms with Gasteiger partial charge in [0.05, 0.1) is 22.0 Å². The van der Waals surface area contributed by atoms with Crippen LogP contribution in [0.2, 0.25) is 0 Å². The van der Waals surface area contributed by atoms with E-state index in [4.69, 9.17) is 4.98 Å². The molecule has 142 valence electrons. The summed E-state index contributed by atoms with van der Waals surface area (Å²) in [6, 6.07) is 6.71. The van der Waals surface area contributed by atoms with Gasteiger partial charge in [0.25, 0.3) is 5.91 Å². The number of nitrogens with zero attached hydrogens (tertiary/aromatic N) is 5. The Balaban J connectivity index is 1.51. The summed E-state index contributed by atoms with van der Waals surface area (Å²) in [5.41, 5.74) is 3.05. The zero-order valence-corrected chi connectivity index (χ0v) is 16.9. The zero-order chi connectivity index (χ0) is 19.0. The third kappa shape index (κ3) is 3.56. The third-order valence-electron chi connectivity index (χ3n) is 5.34. The fourth-order valence-electron chi connectivity index (χ4n) is 3.66. The number of rotatable bonds is 4. The topological polar surface area (TPSA) is 54.3 Å². The van der Waals surface area contributed by atoms with Crippen LogP contribution in [0.25, 0.3) is 10.2 Å². The van der Waals surface area contributed by atoms with E-state index in [-0.39, 0.29) is 11.9 Å². The summed E-state index contributed by atoms with van der Waals surface area (Å²) in [4.78, 5) is 21.8. The largest absolute Gasteiger partial charge is 0.346 e. The highest BCUT2D eigenvalue weighted by atomic mass is 32.1. The monoisotopic (exact) mass is 383 g/mol. The molecule has 1 unspecified atom stereocenters. The van der Waals surface area contributed by atoms with Crippen molar-refractivity contribution in [2.75, 3.05) is 25.0 Å². The average molecular weight is 384 g/mol. The SMILES string of the molecule is CCc1ccc2nc(N3CCCC(N(C)C(=O)c4cnn(C)c4)C3)sc2c1. The molecule has 0 radical (unpaired) electrons. The molecular weight excluding hydrogens is 358 g/mol. The Bertz CT molecular complexity index is 962. The number of benzene rings is 1. The summed E-state index contributed by atoms with van der Waals surface area (Å²) in [6.07, 6.45) is 6.53. The molecule has 3 aromatic rings. The molecule has 1 aromatic carbocycles. The van der Waals surface area contributed by atoms with Gasteiger partial charge in [0.15, 0.2) is 5.13 Å². The van der Waals surface area contributed by atoms with Crippen LogP contribution in [-0.2, 0) is 13.5 Å². The van der Waals surface area contributed by atoms with E-state index in [1.165, 1.54) is 10.3 Å². The Hall–Kier alpha value is -2.41. The molecule has 0 N–H and O–H groups in total. The molecule has 1 saturated heterocycles. The van der Waals surface area contributed by atoms with Crippen LogP contribution in [0.5, 0.6) is 0 Å². The van der Waals surface area contributed by atoms with E-state index in [1.807, 2.05) is 19.0 Å². The first-order valence-electron chi connectivity index (χ1n) is 9.45. The lowest BCUT2D eigenvalue weighted by atomic mass is 10.0. The first-order chi connectivity index (χ1) is 13.0. The van der Waals surface area contributed by atoms with Gasteiger partial charge in [-0.15, -0.1) is 0 Å². The van der Waals surface area contributed by atoms with Crippen LogP contribution < -0.4 is 4.90 Å². The summed E-state index contributed by atoms with van der Waals surface area (Å²) in [6.45, 7) is 3.99. The number of carbonyl (C=O) groups is 1. The van der Waals surface area contributed by atoms with Gasteiger partial charge in [0, 0.05) is 39.4 Å². The molecule has 0 spiro atoms. The summed E-state index contributed by atoms with van der Waals surface area (Å²) in [5, 5.41) is 5.18. The minimum absolute atomic E-state index is 0.0341. The molecule has 2 aromatic heterocycles. The predicted molar refractivity (Wildman–Crippen MR) is 110 cm³/mol. The second kappa shape index (κ2) is 7.31. The molecule has 0 bridgehead atoms. The van der Waals surface area contributed by atoms with Crippen molar-refractivity contribution in [3.8, 4) is 0 Å². The third-order valence-corrected chi connectivity index (χ3v) is 6.42. The highest BCUT2D eigenvalue weighted by Gasteiger charge is 2.28. The van der Waals surface area contributed by atoms with Gasteiger partial charge < -0.3 is 9.80 Å². The van der Waals surface area contributed by atoms with Gasteiger partial charge in [-0.3, -0.25) is 9.48 Å². The number of aromatic nitrogens is 3. The number of piperidine rings is 1. The number of aryl methyl sites for hydroxylation is 2. The molecule has 3 heterocycles. The molecule has 1 aliphatic rings. The van der Waals surface area contributed by atoms with Crippen molar-refractivity contribution >= 4 is 32.6 Å². The van der Waals surface area contributed by atoms with Gasteiger partial charge in [-0.1, -0.05) is 24.3 Å². The maximum Gasteiger partial charge on any atom is 0.257 e. The van der Waals surface area contributed by atoms with Gasteiger partial charge in [-0.2, -0.15) is 5.10 Å². The second-order valence-corrected chi connectivity index (χ2v) is 8.22. The van der Waals surface area contributed by atoms with E-state index < -0.39 is 0 Å². The quantitative estimate of drug-likeness (QED) is 0.693. The van der Waals surface area contributed by atoms with E-state index >= 15 is 0 Å². The summed E-state index contributed by atoms with van der Waals surface area (Å²) in [5.74, 6) is 0.0341. The fourth-order valence-corrected chi connectivity index (χ4v) is 4.72. The highest BCUT2D eigenvalue weighted by molar-refractivity contribution is 7.22. The zero-order valence-electron chi connectivity index (χ0n) is 16.1. The van der Waals surface area contributed by atoms with E-state index in [0.29, 0.717) is 5.56 Å². The second-order valence-electron chi connectivity index (χ2n) is 7.21. The van der Waals surface area contributed by atoms with Crippen molar-refractivity contribution in [3.05, 3.63) is 41.7 Å². The van der Waals surface area contributed by atoms with Gasteiger partial charge in [-0.25, -0.2) is 4.98 Å². The van der Waals surface area contributed by atoms with Crippen LogP contribution in [0.3, 0.4) is 0 Å². The lowest BCUT2D eigenvalue weighted by Crippen LogP contribution is -2.48. The Morgan fingerprint density at radius 3 is 3.00 bits per heavy atom. The number of fused-ring (bicyclic) bond motifs is 1. The van der Waals surface area contributed by atoms with Crippen molar-refractivity contribution in [3.63, 3.8) is 0 Å². The number of anilines is 1. The van der Waals surface area contributed by atoms with Crippen molar-refractivity contribution in [1.82, 2.24) is 19.7 Å². The average Bonchev–Trinajstić information content (AvgIpc) is 3.32. The Morgan fingerprint density at radius 1 is 1.41 bits per heavy atom. The standard InChI is InChI=1S/C20H25N5OS/c1-4-14-7-8-17-18(10-14)27-20(22-17)25-9-5-6-16(13-25)24(3)19(26)15-11-21-23(2)12-15/h7-8,10-12,16H,4-6,9,13H2,1-3H3. The van der Waals surface area contributed by atoms with Gasteiger partial charge in [0.2, 0.25) is 0 Å². The van der Waals surface area contributed by atoms with Crippen LogP contribution in [0, 0.1) is 0 Å². The number of hydrogen-bond acceptors (Lipinski definition) is 5. The smallest absolute Gasteiger partial charge is 0.257 e. The summed E-state index contributed by atoms with van der Waals surface area (Å²) >= 11 is 1.75. The van der Waals surface area contributed by atoms with E-state index in [9.17, 15) is 4.79 Å². The van der Waals surface area contributed by atoms with Crippen LogP contribution in [0.15, 0.2) is 30.6 Å². The molecule has 0 saturated carbocycles. The summed E-state index contributed by atoms with van der Waals surface area (Å²) < 4.78 is 2.91. The number of likely N-dealkylation sites (N-methyl/N-ethyl adjacent to an activating group) is 1. The number of hydrogen-bond donors (Lipinski definition) is 0. The van der Waals surface area contributed by atoms with E-state index in [2.05, 4.69) is 35.1 Å². The molecule has 4 rings (SSSR count). The normalized spacial score (nSPS) is 17.4. The van der Waals surface area contributed by atoms with E-state index in [1.54, 1.807) is 28.4 Å². The van der Waals surface area contributed by atoms with Crippen LogP contribution >= 0.6 is 11.3 Å². The molecule has 7 heteroatoms. The Morgan fingerprint density at radius 2 is 2.26 bits per heavy atom. The fraction of sp³-hybridized carbons (Fsp3) is 0.450. The molecule has 1 aliphatic heterocycles. The first kappa shape index (κ1) is 18.0. The molecule has 1 fully saturated rings. The lowest BCUT2D eigenvalue weighted by Gasteiger charge is -2.37. The minimum atomic E-state index is 0.0341. The lowest BCUT2D eigenvalue weighted by molar-refractivity contribution is 0.0717. The van der Waals surface area contributed by atoms with Crippen molar-refractivity contribution in [2.45, 2.75) is 32.2 Å². The summed E-state index contributed by atoms with van der Waals surface area (Å²) in [7, 11) is 3.73. The van der Waals surface area contributed by atoms with Gasteiger partial charge in [-0.05, 0) is 37.0 Å².